The number of nitrogens with zero attached hydrogens (tertiary/aromatic N) is 1. The van der Waals surface area contributed by atoms with Crippen molar-refractivity contribution in [1.29, 1.82) is 0 Å². The Morgan fingerprint density at radius 3 is 2.59 bits per heavy atom. The van der Waals surface area contributed by atoms with Crippen molar-refractivity contribution in [2.75, 3.05) is 13.6 Å². The molecule has 0 unspecified atom stereocenters. The Hall–Kier alpha value is -0.980. The summed E-state index contributed by atoms with van der Waals surface area (Å²) in [6.45, 7) is 1.75. The monoisotopic (exact) mass is 261 g/mol. The number of rotatable bonds is 5. The lowest BCUT2D eigenvalue weighted by atomic mass is 10.2. The van der Waals surface area contributed by atoms with Gasteiger partial charge in [-0.15, -0.1) is 0 Å². The lowest BCUT2D eigenvalue weighted by Crippen LogP contribution is -2.27. The van der Waals surface area contributed by atoms with Gasteiger partial charge in [-0.1, -0.05) is 6.92 Å². The standard InChI is InChI=1S/C11H16FNO3S/c1-3-6-13(2)17(15,16)10-4-5-11(12)9(7-10)8-14/h4-5,7,14H,3,6,8H2,1-2H3. The SMILES string of the molecule is CCCN(C)S(=O)(=O)c1ccc(F)c(CO)c1. The van der Waals surface area contributed by atoms with Crippen LogP contribution in [0.5, 0.6) is 0 Å². The summed E-state index contributed by atoms with van der Waals surface area (Å²) in [5.41, 5.74) is -0.0176. The molecule has 96 valence electrons. The molecule has 0 aliphatic rings. The van der Waals surface area contributed by atoms with E-state index in [-0.39, 0.29) is 10.5 Å². The molecule has 0 saturated carbocycles. The van der Waals surface area contributed by atoms with Crippen LogP contribution in [0.15, 0.2) is 23.1 Å². The predicted molar refractivity (Wildman–Crippen MR) is 62.4 cm³/mol. The molecule has 1 aromatic rings. The van der Waals surface area contributed by atoms with Crippen LogP contribution in [-0.4, -0.2) is 31.4 Å². The van der Waals surface area contributed by atoms with E-state index in [4.69, 9.17) is 5.11 Å². The molecule has 0 spiro atoms. The first-order valence-corrected chi connectivity index (χ1v) is 6.73. The molecular formula is C11H16FNO3S. The van der Waals surface area contributed by atoms with Gasteiger partial charge in [-0.2, -0.15) is 0 Å². The van der Waals surface area contributed by atoms with E-state index in [9.17, 15) is 12.8 Å². The van der Waals surface area contributed by atoms with Gasteiger partial charge in [-0.05, 0) is 24.6 Å². The molecular weight excluding hydrogens is 245 g/mol. The average molecular weight is 261 g/mol. The molecule has 17 heavy (non-hydrogen) atoms. The summed E-state index contributed by atoms with van der Waals surface area (Å²) in [4.78, 5) is -0.00102. The smallest absolute Gasteiger partial charge is 0.242 e. The molecule has 0 saturated heterocycles. The molecule has 0 amide bonds. The Morgan fingerprint density at radius 1 is 1.41 bits per heavy atom. The molecule has 1 rings (SSSR count). The zero-order valence-electron chi connectivity index (χ0n) is 9.85. The Bertz CT molecular complexity index is 487. The van der Waals surface area contributed by atoms with Gasteiger partial charge in [0.15, 0.2) is 0 Å². The van der Waals surface area contributed by atoms with Crippen molar-refractivity contribution >= 4 is 10.0 Å². The van der Waals surface area contributed by atoms with Crippen LogP contribution in [0.1, 0.15) is 18.9 Å². The van der Waals surface area contributed by atoms with Gasteiger partial charge in [-0.3, -0.25) is 0 Å². The zero-order valence-corrected chi connectivity index (χ0v) is 10.7. The average Bonchev–Trinajstić information content (AvgIpc) is 2.29. The van der Waals surface area contributed by atoms with Crippen LogP contribution in [0, 0.1) is 5.82 Å². The number of hydrogen-bond acceptors (Lipinski definition) is 3. The lowest BCUT2D eigenvalue weighted by molar-refractivity contribution is 0.275. The number of sulfonamides is 1. The van der Waals surface area contributed by atoms with Crippen LogP contribution in [0.25, 0.3) is 0 Å². The maximum absolute atomic E-state index is 13.1. The fourth-order valence-electron chi connectivity index (χ4n) is 1.45. The first kappa shape index (κ1) is 14.1. The van der Waals surface area contributed by atoms with Gasteiger partial charge in [0.1, 0.15) is 5.82 Å². The van der Waals surface area contributed by atoms with E-state index in [0.29, 0.717) is 13.0 Å². The minimum absolute atomic E-state index is 0.00102. The van der Waals surface area contributed by atoms with E-state index < -0.39 is 22.4 Å². The van der Waals surface area contributed by atoms with Crippen LogP contribution >= 0.6 is 0 Å². The van der Waals surface area contributed by atoms with Crippen LogP contribution in [0.2, 0.25) is 0 Å². The highest BCUT2D eigenvalue weighted by Gasteiger charge is 2.20. The van der Waals surface area contributed by atoms with Crippen LogP contribution in [0.3, 0.4) is 0 Å². The Balaban J connectivity index is 3.15. The van der Waals surface area contributed by atoms with Crippen molar-refractivity contribution in [1.82, 2.24) is 4.31 Å². The summed E-state index contributed by atoms with van der Waals surface area (Å²) >= 11 is 0. The highest BCUT2D eigenvalue weighted by Crippen LogP contribution is 2.18. The Labute approximate surface area is 101 Å². The first-order chi connectivity index (χ1) is 7.93. The third-order valence-corrected chi connectivity index (χ3v) is 4.29. The maximum Gasteiger partial charge on any atom is 0.242 e. The van der Waals surface area contributed by atoms with Gasteiger partial charge in [0.2, 0.25) is 10.0 Å². The third-order valence-electron chi connectivity index (χ3n) is 2.43. The molecule has 1 N–H and O–H groups in total. The second kappa shape index (κ2) is 5.57. The second-order valence-electron chi connectivity index (χ2n) is 3.74. The molecule has 0 aromatic heterocycles. The molecule has 0 aliphatic carbocycles. The zero-order chi connectivity index (χ0) is 13.1. The molecule has 0 atom stereocenters. The predicted octanol–water partition coefficient (Wildman–Crippen LogP) is 1.35. The van der Waals surface area contributed by atoms with E-state index in [0.717, 1.165) is 12.1 Å². The van der Waals surface area contributed by atoms with Crippen LogP contribution in [0.4, 0.5) is 4.39 Å². The topological polar surface area (TPSA) is 57.6 Å². The summed E-state index contributed by atoms with van der Waals surface area (Å²) in [5, 5.41) is 8.90. The summed E-state index contributed by atoms with van der Waals surface area (Å²) in [7, 11) is -2.12. The first-order valence-electron chi connectivity index (χ1n) is 5.29. The van der Waals surface area contributed by atoms with Crippen molar-refractivity contribution in [2.45, 2.75) is 24.8 Å². The summed E-state index contributed by atoms with van der Waals surface area (Å²) < 4.78 is 38.4. The molecule has 0 aliphatic heterocycles. The number of benzene rings is 1. The van der Waals surface area contributed by atoms with Crippen LogP contribution < -0.4 is 0 Å². The van der Waals surface area contributed by atoms with Gasteiger partial charge in [0, 0.05) is 19.2 Å². The van der Waals surface area contributed by atoms with E-state index in [1.165, 1.54) is 17.4 Å². The third kappa shape index (κ3) is 3.02. The van der Waals surface area contributed by atoms with Crippen molar-refractivity contribution in [3.05, 3.63) is 29.6 Å². The highest BCUT2D eigenvalue weighted by molar-refractivity contribution is 7.89. The number of halogens is 1. The highest BCUT2D eigenvalue weighted by atomic mass is 32.2. The van der Waals surface area contributed by atoms with Crippen molar-refractivity contribution in [3.8, 4) is 0 Å². The van der Waals surface area contributed by atoms with Crippen molar-refractivity contribution in [2.24, 2.45) is 0 Å². The molecule has 1 aromatic carbocycles. The normalized spacial score (nSPS) is 12.1. The largest absolute Gasteiger partial charge is 0.392 e. The van der Waals surface area contributed by atoms with Gasteiger partial charge in [-0.25, -0.2) is 17.1 Å². The minimum Gasteiger partial charge on any atom is -0.392 e. The molecule has 6 heteroatoms. The van der Waals surface area contributed by atoms with Crippen LogP contribution in [-0.2, 0) is 16.6 Å². The van der Waals surface area contributed by atoms with Gasteiger partial charge in [0.25, 0.3) is 0 Å². The molecule has 0 radical (unpaired) electrons. The summed E-state index contributed by atoms with van der Waals surface area (Å²) in [6.07, 6.45) is 0.698. The second-order valence-corrected chi connectivity index (χ2v) is 5.78. The Morgan fingerprint density at radius 2 is 2.06 bits per heavy atom. The number of aliphatic hydroxyl groups excluding tert-OH is 1. The van der Waals surface area contributed by atoms with E-state index >= 15 is 0 Å². The summed E-state index contributed by atoms with van der Waals surface area (Å²) in [6, 6.07) is 3.42. The van der Waals surface area contributed by atoms with Crippen molar-refractivity contribution in [3.63, 3.8) is 0 Å². The van der Waals surface area contributed by atoms with Gasteiger partial charge < -0.3 is 5.11 Å². The minimum atomic E-state index is -3.59. The quantitative estimate of drug-likeness (QED) is 0.870. The van der Waals surface area contributed by atoms with E-state index in [2.05, 4.69) is 0 Å². The fraction of sp³-hybridized carbons (Fsp3) is 0.455. The van der Waals surface area contributed by atoms with E-state index in [1.54, 1.807) is 0 Å². The summed E-state index contributed by atoms with van der Waals surface area (Å²) in [5.74, 6) is -0.607. The van der Waals surface area contributed by atoms with Crippen molar-refractivity contribution < 1.29 is 17.9 Å². The molecule has 0 bridgehead atoms. The number of hydrogen-bond donors (Lipinski definition) is 1. The lowest BCUT2D eigenvalue weighted by Gasteiger charge is -2.16. The Kier molecular flexibility index (Phi) is 4.62. The maximum atomic E-state index is 13.1. The number of aliphatic hydroxyl groups is 1. The molecule has 4 nitrogen and oxygen atoms in total. The van der Waals surface area contributed by atoms with Gasteiger partial charge in [0.05, 0.1) is 11.5 Å². The molecule has 0 heterocycles. The fourth-order valence-corrected chi connectivity index (χ4v) is 2.76. The molecule has 0 fully saturated rings. The van der Waals surface area contributed by atoms with Gasteiger partial charge >= 0.3 is 0 Å². The van der Waals surface area contributed by atoms with E-state index in [1.807, 2.05) is 6.92 Å².